The Morgan fingerprint density at radius 2 is 1.81 bits per heavy atom. The predicted octanol–water partition coefficient (Wildman–Crippen LogP) is 2.51. The minimum absolute atomic E-state index is 0.311. The van der Waals surface area contributed by atoms with Gasteiger partial charge in [-0.3, -0.25) is 4.79 Å². The fraction of sp³-hybridized carbons (Fsp3) is 0.611. The third-order valence-electron chi connectivity index (χ3n) is 5.00. The standard InChI is InChI=1S/C18H24F3N3O2/c1-22-7-5-14(6-8-22)24(17(25)18(19,20)21)16-4-2-3-15(13-16)23-9-11-26-12-10-23/h2-4,13-14H,5-12H2,1H3. The monoisotopic (exact) mass is 371 g/mol. The molecule has 0 radical (unpaired) electrons. The largest absolute Gasteiger partial charge is 0.471 e. The molecule has 2 heterocycles. The number of hydrogen-bond acceptors (Lipinski definition) is 4. The molecular formula is C18H24F3N3O2. The van der Waals surface area contributed by atoms with Crippen molar-refractivity contribution in [2.24, 2.45) is 0 Å². The van der Waals surface area contributed by atoms with E-state index in [1.807, 2.05) is 13.1 Å². The van der Waals surface area contributed by atoms with Crippen molar-refractivity contribution in [3.63, 3.8) is 0 Å². The van der Waals surface area contributed by atoms with E-state index in [0.717, 1.165) is 10.6 Å². The number of alkyl halides is 3. The number of nitrogens with zero attached hydrogens (tertiary/aromatic N) is 3. The van der Waals surface area contributed by atoms with E-state index >= 15 is 0 Å². The lowest BCUT2D eigenvalue weighted by atomic mass is 10.0. The van der Waals surface area contributed by atoms with Crippen LogP contribution < -0.4 is 9.80 Å². The Morgan fingerprint density at radius 3 is 2.42 bits per heavy atom. The number of halogens is 3. The van der Waals surface area contributed by atoms with E-state index in [-0.39, 0.29) is 0 Å². The van der Waals surface area contributed by atoms with Gasteiger partial charge in [0.15, 0.2) is 0 Å². The highest BCUT2D eigenvalue weighted by molar-refractivity contribution is 5.98. The SMILES string of the molecule is CN1CCC(N(C(=O)C(F)(F)F)c2cccc(N3CCOCC3)c2)CC1. The van der Waals surface area contributed by atoms with Gasteiger partial charge in [-0.05, 0) is 51.2 Å². The van der Waals surface area contributed by atoms with Gasteiger partial charge in [-0.2, -0.15) is 13.2 Å². The van der Waals surface area contributed by atoms with Gasteiger partial charge in [0.05, 0.1) is 13.2 Å². The zero-order chi connectivity index (χ0) is 18.7. The Labute approximate surface area is 151 Å². The molecule has 0 N–H and O–H groups in total. The summed E-state index contributed by atoms with van der Waals surface area (Å²) in [6.07, 6.45) is -3.83. The summed E-state index contributed by atoms with van der Waals surface area (Å²) in [6, 6.07) is 6.41. The first-order valence-electron chi connectivity index (χ1n) is 8.88. The number of ether oxygens (including phenoxy) is 1. The van der Waals surface area contributed by atoms with Crippen LogP contribution in [0, 0.1) is 0 Å². The smallest absolute Gasteiger partial charge is 0.378 e. The topological polar surface area (TPSA) is 36.0 Å². The van der Waals surface area contributed by atoms with Gasteiger partial charge in [-0.15, -0.1) is 0 Å². The number of piperidine rings is 1. The van der Waals surface area contributed by atoms with Crippen molar-refractivity contribution in [1.82, 2.24) is 4.90 Å². The van der Waals surface area contributed by atoms with E-state index in [0.29, 0.717) is 57.9 Å². The molecule has 2 fully saturated rings. The molecule has 1 amide bonds. The third kappa shape index (κ3) is 4.29. The molecule has 0 spiro atoms. The quantitative estimate of drug-likeness (QED) is 0.818. The number of morpholine rings is 1. The fourth-order valence-electron chi connectivity index (χ4n) is 3.54. The lowest BCUT2D eigenvalue weighted by molar-refractivity contribution is -0.171. The van der Waals surface area contributed by atoms with Crippen LogP contribution in [0.1, 0.15) is 12.8 Å². The van der Waals surface area contributed by atoms with Gasteiger partial charge in [0, 0.05) is 30.5 Å². The number of hydrogen-bond donors (Lipinski definition) is 0. The fourth-order valence-corrected chi connectivity index (χ4v) is 3.54. The first kappa shape index (κ1) is 19.0. The van der Waals surface area contributed by atoms with Crippen LogP contribution in [0.2, 0.25) is 0 Å². The Bertz CT molecular complexity index is 624. The molecule has 0 saturated carbocycles. The van der Waals surface area contributed by atoms with Gasteiger partial charge in [-0.25, -0.2) is 0 Å². The second-order valence-corrected chi connectivity index (χ2v) is 6.83. The van der Waals surface area contributed by atoms with Gasteiger partial charge in [0.2, 0.25) is 0 Å². The Hall–Kier alpha value is -1.80. The molecule has 1 aromatic carbocycles. The summed E-state index contributed by atoms with van der Waals surface area (Å²) in [6.45, 7) is 3.90. The molecule has 0 bridgehead atoms. The summed E-state index contributed by atoms with van der Waals surface area (Å²) < 4.78 is 45.1. The van der Waals surface area contributed by atoms with Crippen LogP contribution in [0.3, 0.4) is 0 Å². The number of anilines is 2. The van der Waals surface area contributed by atoms with Gasteiger partial charge in [0.1, 0.15) is 0 Å². The number of rotatable bonds is 3. The molecule has 0 atom stereocenters. The van der Waals surface area contributed by atoms with Crippen LogP contribution >= 0.6 is 0 Å². The van der Waals surface area contributed by atoms with E-state index in [1.54, 1.807) is 18.2 Å². The molecule has 0 aliphatic carbocycles. The number of amides is 1. The average Bonchev–Trinajstić information content (AvgIpc) is 2.64. The summed E-state index contributed by atoms with van der Waals surface area (Å²) in [5.41, 5.74) is 1.13. The number of carbonyl (C=O) groups excluding carboxylic acids is 1. The number of benzene rings is 1. The molecule has 2 aliphatic heterocycles. The molecule has 26 heavy (non-hydrogen) atoms. The predicted molar refractivity (Wildman–Crippen MR) is 93.5 cm³/mol. The molecule has 0 unspecified atom stereocenters. The molecule has 2 aliphatic rings. The highest BCUT2D eigenvalue weighted by atomic mass is 19.4. The van der Waals surface area contributed by atoms with Crippen LogP contribution in [-0.2, 0) is 9.53 Å². The van der Waals surface area contributed by atoms with Crippen molar-refractivity contribution in [3.8, 4) is 0 Å². The first-order chi connectivity index (χ1) is 12.4. The van der Waals surface area contributed by atoms with E-state index in [2.05, 4.69) is 9.80 Å². The normalized spacial score (nSPS) is 20.2. The second kappa shape index (κ2) is 7.84. The summed E-state index contributed by atoms with van der Waals surface area (Å²) in [5.74, 6) is -1.79. The highest BCUT2D eigenvalue weighted by Crippen LogP contribution is 2.31. The number of carbonyl (C=O) groups is 1. The lowest BCUT2D eigenvalue weighted by Gasteiger charge is -2.38. The molecule has 5 nitrogen and oxygen atoms in total. The van der Waals surface area contributed by atoms with Crippen molar-refractivity contribution in [1.29, 1.82) is 0 Å². The Balaban J connectivity index is 1.89. The van der Waals surface area contributed by atoms with Gasteiger partial charge < -0.3 is 19.4 Å². The van der Waals surface area contributed by atoms with Crippen LogP contribution in [0.15, 0.2) is 24.3 Å². The van der Waals surface area contributed by atoms with Crippen molar-refractivity contribution >= 4 is 17.3 Å². The summed E-state index contributed by atoms with van der Waals surface area (Å²) in [7, 11) is 1.94. The van der Waals surface area contributed by atoms with Gasteiger partial charge in [0.25, 0.3) is 0 Å². The van der Waals surface area contributed by atoms with E-state index in [1.165, 1.54) is 0 Å². The van der Waals surface area contributed by atoms with E-state index < -0.39 is 18.1 Å². The summed E-state index contributed by atoms with van der Waals surface area (Å²) >= 11 is 0. The van der Waals surface area contributed by atoms with Crippen LogP contribution in [0.4, 0.5) is 24.5 Å². The van der Waals surface area contributed by atoms with Crippen molar-refractivity contribution in [3.05, 3.63) is 24.3 Å². The van der Waals surface area contributed by atoms with Crippen molar-refractivity contribution < 1.29 is 22.7 Å². The first-order valence-corrected chi connectivity index (χ1v) is 8.88. The highest BCUT2D eigenvalue weighted by Gasteiger charge is 2.45. The molecule has 8 heteroatoms. The zero-order valence-corrected chi connectivity index (χ0v) is 14.8. The molecule has 2 saturated heterocycles. The van der Waals surface area contributed by atoms with Crippen molar-refractivity contribution in [2.45, 2.75) is 25.1 Å². The van der Waals surface area contributed by atoms with Crippen LogP contribution in [0.5, 0.6) is 0 Å². The van der Waals surface area contributed by atoms with Gasteiger partial charge in [-0.1, -0.05) is 6.07 Å². The lowest BCUT2D eigenvalue weighted by Crippen LogP contribution is -2.51. The summed E-state index contributed by atoms with van der Waals surface area (Å²) in [5, 5.41) is 0. The minimum atomic E-state index is -4.89. The molecule has 144 valence electrons. The third-order valence-corrected chi connectivity index (χ3v) is 5.00. The zero-order valence-electron chi connectivity index (χ0n) is 14.8. The maximum Gasteiger partial charge on any atom is 0.471 e. The van der Waals surface area contributed by atoms with Gasteiger partial charge >= 0.3 is 12.1 Å². The maximum absolute atomic E-state index is 13.2. The number of likely N-dealkylation sites (tertiary alicyclic amines) is 1. The average molecular weight is 371 g/mol. The van der Waals surface area contributed by atoms with E-state index in [4.69, 9.17) is 4.74 Å². The van der Waals surface area contributed by atoms with Crippen LogP contribution in [0.25, 0.3) is 0 Å². The minimum Gasteiger partial charge on any atom is -0.378 e. The molecular weight excluding hydrogens is 347 g/mol. The van der Waals surface area contributed by atoms with Crippen LogP contribution in [-0.4, -0.2) is 69.5 Å². The Morgan fingerprint density at radius 1 is 1.15 bits per heavy atom. The molecule has 3 rings (SSSR count). The second-order valence-electron chi connectivity index (χ2n) is 6.83. The summed E-state index contributed by atoms with van der Waals surface area (Å²) in [4.78, 5) is 17.3. The molecule has 0 aromatic heterocycles. The van der Waals surface area contributed by atoms with E-state index in [9.17, 15) is 18.0 Å². The Kier molecular flexibility index (Phi) is 5.72. The van der Waals surface area contributed by atoms with Crippen molar-refractivity contribution in [2.75, 3.05) is 56.2 Å². The molecule has 1 aromatic rings. The maximum atomic E-state index is 13.2.